The van der Waals surface area contributed by atoms with Crippen molar-refractivity contribution in [1.82, 2.24) is 20.8 Å². The maximum atomic E-state index is 12.1. The Morgan fingerprint density at radius 1 is 1.03 bits per heavy atom. The van der Waals surface area contributed by atoms with E-state index >= 15 is 0 Å². The minimum Gasteiger partial charge on any atom is -0.350 e. The summed E-state index contributed by atoms with van der Waals surface area (Å²) in [5.41, 5.74) is 0.634. The molecule has 2 N–H and O–H groups in total. The number of carbonyl (C=O) groups is 2. The number of benzene rings is 2. The Morgan fingerprint density at radius 2 is 1.70 bits per heavy atom. The lowest BCUT2D eigenvalue weighted by Gasteiger charge is -2.07. The van der Waals surface area contributed by atoms with Gasteiger partial charge in [-0.15, -0.1) is 0 Å². The fourth-order valence-electron chi connectivity index (χ4n) is 2.36. The fourth-order valence-corrected chi connectivity index (χ4v) is 2.86. The summed E-state index contributed by atoms with van der Waals surface area (Å²) in [5.74, 6) is -1.21. The molecule has 0 bridgehead atoms. The Hall–Kier alpha value is -3.50. The van der Waals surface area contributed by atoms with E-state index in [0.717, 1.165) is 0 Å². The fraction of sp³-hybridized carbons (Fsp3) is 0.111. The SMILES string of the molecule is O=C(NCCNC(=O)c1ccc(Cl)cc1Cl)c1nc(-c2ccc([N+](=O)[O-])cc2)no1. The van der Waals surface area contributed by atoms with Gasteiger partial charge in [0.2, 0.25) is 5.82 Å². The van der Waals surface area contributed by atoms with Crippen LogP contribution in [0.1, 0.15) is 21.0 Å². The summed E-state index contributed by atoms with van der Waals surface area (Å²) in [6.07, 6.45) is 0. The smallest absolute Gasteiger partial charge is 0.316 e. The largest absolute Gasteiger partial charge is 0.350 e. The number of nitrogens with zero attached hydrogens (tertiary/aromatic N) is 3. The molecule has 1 heterocycles. The van der Waals surface area contributed by atoms with Crippen molar-refractivity contribution in [2.45, 2.75) is 0 Å². The zero-order chi connectivity index (χ0) is 21.7. The quantitative estimate of drug-likeness (QED) is 0.320. The molecule has 154 valence electrons. The van der Waals surface area contributed by atoms with Gasteiger partial charge < -0.3 is 15.2 Å². The first kappa shape index (κ1) is 21.2. The van der Waals surface area contributed by atoms with Crippen LogP contribution in [0.3, 0.4) is 0 Å². The van der Waals surface area contributed by atoms with Crippen LogP contribution in [-0.2, 0) is 0 Å². The standard InChI is InChI=1S/C18H13Cl2N5O5/c19-11-3-6-13(14(20)9-11)16(26)21-7-8-22-17(27)18-23-15(24-30-18)10-1-4-12(5-2-10)25(28)29/h1-6,9H,7-8H2,(H,21,26)(H,22,27). The van der Waals surface area contributed by atoms with E-state index in [1.807, 2.05) is 0 Å². The Labute approximate surface area is 179 Å². The second-order valence-electron chi connectivity index (χ2n) is 5.86. The van der Waals surface area contributed by atoms with Crippen LogP contribution in [0.25, 0.3) is 11.4 Å². The Morgan fingerprint density at radius 3 is 2.33 bits per heavy atom. The summed E-state index contributed by atoms with van der Waals surface area (Å²) < 4.78 is 4.91. The van der Waals surface area contributed by atoms with Crippen LogP contribution >= 0.6 is 23.2 Å². The number of nitro groups is 1. The van der Waals surface area contributed by atoms with Gasteiger partial charge in [-0.25, -0.2) is 0 Å². The van der Waals surface area contributed by atoms with Gasteiger partial charge in [-0.3, -0.25) is 19.7 Å². The van der Waals surface area contributed by atoms with Crippen molar-refractivity contribution < 1.29 is 19.0 Å². The highest BCUT2D eigenvalue weighted by Crippen LogP contribution is 2.21. The molecule has 12 heteroatoms. The average molecular weight is 450 g/mol. The summed E-state index contributed by atoms with van der Waals surface area (Å²) in [7, 11) is 0. The molecule has 0 fully saturated rings. The van der Waals surface area contributed by atoms with Crippen molar-refractivity contribution in [3.63, 3.8) is 0 Å². The van der Waals surface area contributed by atoms with Crippen molar-refractivity contribution in [3.05, 3.63) is 74.1 Å². The lowest BCUT2D eigenvalue weighted by molar-refractivity contribution is -0.384. The lowest BCUT2D eigenvalue weighted by Crippen LogP contribution is -2.34. The molecular weight excluding hydrogens is 437 g/mol. The van der Waals surface area contributed by atoms with Crippen LogP contribution < -0.4 is 10.6 Å². The Bertz CT molecular complexity index is 1100. The third-order valence-corrected chi connectivity index (χ3v) is 4.38. The number of hydrogen-bond donors (Lipinski definition) is 2. The number of nitrogens with one attached hydrogen (secondary N) is 2. The number of amides is 2. The molecule has 2 aromatic carbocycles. The summed E-state index contributed by atoms with van der Waals surface area (Å²) in [6.45, 7) is 0.234. The predicted molar refractivity (Wildman–Crippen MR) is 108 cm³/mol. The van der Waals surface area contributed by atoms with Gasteiger partial charge in [0.25, 0.3) is 11.6 Å². The van der Waals surface area contributed by atoms with E-state index in [1.165, 1.54) is 36.4 Å². The van der Waals surface area contributed by atoms with Gasteiger partial charge in [0.15, 0.2) is 0 Å². The van der Waals surface area contributed by atoms with E-state index in [9.17, 15) is 19.7 Å². The second-order valence-corrected chi connectivity index (χ2v) is 6.71. The van der Waals surface area contributed by atoms with E-state index in [1.54, 1.807) is 6.07 Å². The van der Waals surface area contributed by atoms with Gasteiger partial charge in [0, 0.05) is 35.8 Å². The summed E-state index contributed by atoms with van der Waals surface area (Å²) >= 11 is 11.8. The van der Waals surface area contributed by atoms with Crippen molar-refractivity contribution in [3.8, 4) is 11.4 Å². The van der Waals surface area contributed by atoms with Crippen LogP contribution in [-0.4, -0.2) is 40.0 Å². The molecule has 0 saturated heterocycles. The van der Waals surface area contributed by atoms with Crippen molar-refractivity contribution in [2.24, 2.45) is 0 Å². The average Bonchev–Trinajstić information content (AvgIpc) is 3.21. The molecule has 3 aromatic rings. The minimum atomic E-state index is -0.630. The minimum absolute atomic E-state index is 0.0813. The first-order valence-corrected chi connectivity index (χ1v) is 9.20. The van der Waals surface area contributed by atoms with Crippen LogP contribution in [0.5, 0.6) is 0 Å². The molecule has 0 saturated carbocycles. The second kappa shape index (κ2) is 9.33. The molecule has 0 spiro atoms. The lowest BCUT2D eigenvalue weighted by atomic mass is 10.2. The van der Waals surface area contributed by atoms with Crippen molar-refractivity contribution in [2.75, 3.05) is 13.1 Å². The number of nitro benzene ring substituents is 1. The van der Waals surface area contributed by atoms with Crippen LogP contribution in [0.15, 0.2) is 47.0 Å². The van der Waals surface area contributed by atoms with Gasteiger partial charge in [-0.1, -0.05) is 28.4 Å². The molecule has 10 nitrogen and oxygen atoms in total. The van der Waals surface area contributed by atoms with E-state index in [0.29, 0.717) is 10.6 Å². The molecule has 30 heavy (non-hydrogen) atoms. The highest BCUT2D eigenvalue weighted by atomic mass is 35.5. The molecule has 0 unspecified atom stereocenters. The van der Waals surface area contributed by atoms with E-state index in [-0.39, 0.29) is 41.1 Å². The molecule has 0 radical (unpaired) electrons. The zero-order valence-electron chi connectivity index (χ0n) is 15.1. The molecule has 0 aliphatic heterocycles. The van der Waals surface area contributed by atoms with E-state index < -0.39 is 16.7 Å². The third kappa shape index (κ3) is 5.10. The normalized spacial score (nSPS) is 10.5. The molecule has 2 amide bonds. The van der Waals surface area contributed by atoms with E-state index in [2.05, 4.69) is 20.8 Å². The first-order valence-electron chi connectivity index (χ1n) is 8.45. The van der Waals surface area contributed by atoms with Crippen molar-refractivity contribution in [1.29, 1.82) is 0 Å². The van der Waals surface area contributed by atoms with Crippen LogP contribution in [0.2, 0.25) is 10.0 Å². The molecule has 1 aromatic heterocycles. The third-order valence-electron chi connectivity index (χ3n) is 3.83. The number of halogens is 2. The van der Waals surface area contributed by atoms with Crippen molar-refractivity contribution >= 4 is 40.7 Å². The number of rotatable bonds is 7. The maximum absolute atomic E-state index is 12.1. The van der Waals surface area contributed by atoms with Gasteiger partial charge in [-0.2, -0.15) is 4.98 Å². The number of aromatic nitrogens is 2. The first-order chi connectivity index (χ1) is 14.3. The number of hydrogen-bond acceptors (Lipinski definition) is 7. The maximum Gasteiger partial charge on any atom is 0.316 e. The zero-order valence-corrected chi connectivity index (χ0v) is 16.6. The summed E-state index contributed by atoms with van der Waals surface area (Å²) in [4.78, 5) is 38.3. The van der Waals surface area contributed by atoms with Gasteiger partial charge >= 0.3 is 11.8 Å². The van der Waals surface area contributed by atoms with Gasteiger partial charge in [-0.05, 0) is 30.3 Å². The number of non-ortho nitro benzene ring substituents is 1. The van der Waals surface area contributed by atoms with Crippen LogP contribution in [0, 0.1) is 10.1 Å². The predicted octanol–water partition coefficient (Wildman–Crippen LogP) is 3.11. The molecular formula is C18H13Cl2N5O5. The van der Waals surface area contributed by atoms with Gasteiger partial charge in [0.1, 0.15) is 0 Å². The Kier molecular flexibility index (Phi) is 6.60. The Balaban J connectivity index is 1.51. The summed E-state index contributed by atoms with van der Waals surface area (Å²) in [5, 5.41) is 20.1. The molecule has 0 aliphatic carbocycles. The van der Waals surface area contributed by atoms with Crippen LogP contribution in [0.4, 0.5) is 5.69 Å². The molecule has 0 aliphatic rings. The topological polar surface area (TPSA) is 140 Å². The summed E-state index contributed by atoms with van der Waals surface area (Å²) in [6, 6.07) is 9.98. The van der Waals surface area contributed by atoms with Gasteiger partial charge in [0.05, 0.1) is 15.5 Å². The monoisotopic (exact) mass is 449 g/mol. The highest BCUT2D eigenvalue weighted by molar-refractivity contribution is 6.36. The molecule has 3 rings (SSSR count). The number of carbonyl (C=O) groups excluding carboxylic acids is 2. The van der Waals surface area contributed by atoms with E-state index in [4.69, 9.17) is 27.7 Å². The molecule has 0 atom stereocenters. The highest BCUT2D eigenvalue weighted by Gasteiger charge is 2.17.